The molecule has 0 aromatic rings. The quantitative estimate of drug-likeness (QED) is 0.691. The fourth-order valence-corrected chi connectivity index (χ4v) is 2.85. The van der Waals surface area contributed by atoms with Crippen molar-refractivity contribution in [3.8, 4) is 6.07 Å². The molecule has 15 heavy (non-hydrogen) atoms. The lowest BCUT2D eigenvalue weighted by atomic mass is 10.0. The molecule has 0 spiro atoms. The van der Waals surface area contributed by atoms with Crippen LogP contribution in [0.5, 0.6) is 0 Å². The average Bonchev–Trinajstić information content (AvgIpc) is 2.97. The SMILES string of the molecule is CCCCN(C1CC1)C1CCCC1C#N. The summed E-state index contributed by atoms with van der Waals surface area (Å²) in [4.78, 5) is 2.66. The van der Waals surface area contributed by atoms with Crippen LogP contribution in [0.25, 0.3) is 0 Å². The van der Waals surface area contributed by atoms with Gasteiger partial charge >= 0.3 is 0 Å². The normalized spacial score (nSPS) is 30.7. The Morgan fingerprint density at radius 3 is 2.67 bits per heavy atom. The van der Waals surface area contributed by atoms with E-state index in [-0.39, 0.29) is 0 Å². The summed E-state index contributed by atoms with van der Waals surface area (Å²) in [5.74, 6) is 0.322. The lowest BCUT2D eigenvalue weighted by Gasteiger charge is -2.30. The van der Waals surface area contributed by atoms with Gasteiger partial charge in [-0.3, -0.25) is 4.90 Å². The first-order chi connectivity index (χ1) is 7.36. The van der Waals surface area contributed by atoms with Gasteiger partial charge in [0.2, 0.25) is 0 Å². The Morgan fingerprint density at radius 2 is 2.07 bits per heavy atom. The second-order valence-corrected chi connectivity index (χ2v) is 5.06. The molecule has 2 nitrogen and oxygen atoms in total. The van der Waals surface area contributed by atoms with E-state index in [0.29, 0.717) is 12.0 Å². The zero-order valence-corrected chi connectivity index (χ0v) is 9.78. The highest BCUT2D eigenvalue weighted by Crippen LogP contribution is 2.37. The first-order valence-corrected chi connectivity index (χ1v) is 6.52. The van der Waals surface area contributed by atoms with Crippen LogP contribution in [0, 0.1) is 17.2 Å². The van der Waals surface area contributed by atoms with Gasteiger partial charge in [-0.05, 0) is 38.6 Å². The second-order valence-electron chi connectivity index (χ2n) is 5.06. The van der Waals surface area contributed by atoms with Crippen molar-refractivity contribution < 1.29 is 0 Å². The Bertz CT molecular complexity index is 239. The molecule has 2 aliphatic carbocycles. The van der Waals surface area contributed by atoms with Crippen LogP contribution in [-0.4, -0.2) is 23.5 Å². The maximum Gasteiger partial charge on any atom is 0.0672 e. The summed E-state index contributed by atoms with van der Waals surface area (Å²) >= 11 is 0. The molecule has 84 valence electrons. The van der Waals surface area contributed by atoms with Crippen molar-refractivity contribution in [2.24, 2.45) is 5.92 Å². The highest BCUT2D eigenvalue weighted by molar-refractivity contribution is 5.01. The van der Waals surface area contributed by atoms with Crippen molar-refractivity contribution in [1.82, 2.24) is 4.90 Å². The largest absolute Gasteiger partial charge is 0.296 e. The molecule has 0 saturated heterocycles. The summed E-state index contributed by atoms with van der Waals surface area (Å²) in [5.41, 5.74) is 0. The average molecular weight is 206 g/mol. The predicted octanol–water partition coefficient (Wildman–Crippen LogP) is 2.94. The summed E-state index contributed by atoms with van der Waals surface area (Å²) in [7, 11) is 0. The van der Waals surface area contributed by atoms with Gasteiger partial charge < -0.3 is 0 Å². The van der Waals surface area contributed by atoms with Crippen LogP contribution in [0.3, 0.4) is 0 Å². The third-order valence-corrected chi connectivity index (χ3v) is 3.86. The van der Waals surface area contributed by atoms with Crippen LogP contribution in [0.15, 0.2) is 0 Å². The monoisotopic (exact) mass is 206 g/mol. The summed E-state index contributed by atoms with van der Waals surface area (Å²) in [6.45, 7) is 3.48. The van der Waals surface area contributed by atoms with Gasteiger partial charge in [0.05, 0.1) is 12.0 Å². The molecule has 2 aliphatic rings. The van der Waals surface area contributed by atoms with Crippen molar-refractivity contribution in [1.29, 1.82) is 5.26 Å². The lowest BCUT2D eigenvalue weighted by Crippen LogP contribution is -2.39. The summed E-state index contributed by atoms with van der Waals surface area (Å²) in [6.07, 6.45) is 8.97. The van der Waals surface area contributed by atoms with Crippen molar-refractivity contribution in [3.05, 3.63) is 0 Å². The van der Waals surface area contributed by atoms with E-state index >= 15 is 0 Å². The summed E-state index contributed by atoms with van der Waals surface area (Å²) in [6, 6.07) is 3.93. The standard InChI is InChI=1S/C13H22N2/c1-2-3-9-15(12-7-8-12)13-6-4-5-11(13)10-14/h11-13H,2-9H2,1H3. The molecule has 0 heterocycles. The molecule has 2 heteroatoms. The minimum atomic E-state index is 0.322. The molecule has 0 aliphatic heterocycles. The fourth-order valence-electron chi connectivity index (χ4n) is 2.85. The molecule has 2 saturated carbocycles. The second kappa shape index (κ2) is 4.99. The molecule has 0 amide bonds. The molecule has 0 radical (unpaired) electrons. The first kappa shape index (κ1) is 11.0. The van der Waals surface area contributed by atoms with Crippen LogP contribution in [0.4, 0.5) is 0 Å². The fraction of sp³-hybridized carbons (Fsp3) is 0.923. The van der Waals surface area contributed by atoms with Gasteiger partial charge in [-0.1, -0.05) is 19.8 Å². The summed E-state index contributed by atoms with van der Waals surface area (Å²) < 4.78 is 0. The van der Waals surface area contributed by atoms with Crippen molar-refractivity contribution in [3.63, 3.8) is 0 Å². The van der Waals surface area contributed by atoms with Crippen LogP contribution in [0.1, 0.15) is 51.9 Å². The molecular formula is C13H22N2. The maximum absolute atomic E-state index is 9.14. The predicted molar refractivity (Wildman–Crippen MR) is 61.4 cm³/mol. The van der Waals surface area contributed by atoms with Gasteiger partial charge in [-0.25, -0.2) is 0 Å². The highest BCUT2D eigenvalue weighted by atomic mass is 15.2. The smallest absolute Gasteiger partial charge is 0.0672 e. The van der Waals surface area contributed by atoms with Crippen LogP contribution < -0.4 is 0 Å². The number of nitrogens with zero attached hydrogens (tertiary/aromatic N) is 2. The highest BCUT2D eigenvalue weighted by Gasteiger charge is 2.39. The molecule has 2 fully saturated rings. The zero-order valence-electron chi connectivity index (χ0n) is 9.78. The van der Waals surface area contributed by atoms with Gasteiger partial charge in [-0.2, -0.15) is 5.26 Å². The molecule has 2 rings (SSSR count). The lowest BCUT2D eigenvalue weighted by molar-refractivity contribution is 0.165. The Morgan fingerprint density at radius 1 is 1.27 bits per heavy atom. The molecular weight excluding hydrogens is 184 g/mol. The zero-order chi connectivity index (χ0) is 10.7. The van der Waals surface area contributed by atoms with E-state index in [2.05, 4.69) is 17.9 Å². The van der Waals surface area contributed by atoms with Crippen LogP contribution in [0.2, 0.25) is 0 Å². The van der Waals surface area contributed by atoms with E-state index in [4.69, 9.17) is 5.26 Å². The number of unbranched alkanes of at least 4 members (excludes halogenated alkanes) is 1. The molecule has 0 N–H and O–H groups in total. The Kier molecular flexibility index (Phi) is 3.64. The van der Waals surface area contributed by atoms with Gasteiger partial charge in [0.1, 0.15) is 0 Å². The van der Waals surface area contributed by atoms with E-state index < -0.39 is 0 Å². The molecule has 0 aromatic heterocycles. The van der Waals surface area contributed by atoms with Crippen molar-refractivity contribution in [2.75, 3.05) is 6.54 Å². The molecule has 2 unspecified atom stereocenters. The third-order valence-electron chi connectivity index (χ3n) is 3.86. The van der Waals surface area contributed by atoms with Crippen molar-refractivity contribution >= 4 is 0 Å². The van der Waals surface area contributed by atoms with E-state index in [1.165, 1.54) is 45.1 Å². The minimum absolute atomic E-state index is 0.322. The Hall–Kier alpha value is -0.550. The van der Waals surface area contributed by atoms with E-state index in [1.54, 1.807) is 0 Å². The minimum Gasteiger partial charge on any atom is -0.296 e. The molecule has 0 bridgehead atoms. The molecule has 0 aromatic carbocycles. The van der Waals surface area contributed by atoms with Gasteiger partial charge in [-0.15, -0.1) is 0 Å². The van der Waals surface area contributed by atoms with Crippen LogP contribution >= 0.6 is 0 Å². The van der Waals surface area contributed by atoms with Gasteiger partial charge in [0.15, 0.2) is 0 Å². The third kappa shape index (κ3) is 2.52. The summed E-state index contributed by atoms with van der Waals surface area (Å²) in [5, 5.41) is 9.14. The topological polar surface area (TPSA) is 27.0 Å². The Balaban J connectivity index is 1.94. The van der Waals surface area contributed by atoms with Crippen molar-refractivity contribution in [2.45, 2.75) is 64.0 Å². The Labute approximate surface area is 93.3 Å². The maximum atomic E-state index is 9.14. The number of hydrogen-bond acceptors (Lipinski definition) is 2. The van der Waals surface area contributed by atoms with Gasteiger partial charge in [0.25, 0.3) is 0 Å². The van der Waals surface area contributed by atoms with E-state index in [0.717, 1.165) is 12.5 Å². The molecule has 2 atom stereocenters. The first-order valence-electron chi connectivity index (χ1n) is 6.52. The number of rotatable bonds is 5. The van der Waals surface area contributed by atoms with E-state index in [9.17, 15) is 0 Å². The van der Waals surface area contributed by atoms with Crippen LogP contribution in [-0.2, 0) is 0 Å². The van der Waals surface area contributed by atoms with Gasteiger partial charge in [0, 0.05) is 12.1 Å². The van der Waals surface area contributed by atoms with E-state index in [1.807, 2.05) is 0 Å². The number of nitriles is 1. The number of hydrogen-bond donors (Lipinski definition) is 0.